The molecule has 1 heterocycles. The number of aromatic nitrogens is 1. The summed E-state index contributed by atoms with van der Waals surface area (Å²) in [5.41, 5.74) is 0.731. The third kappa shape index (κ3) is 3.73. The number of carboxylic acid groups (broad SMARTS) is 1. The lowest BCUT2D eigenvalue weighted by Gasteiger charge is -2.16. The molecule has 4 nitrogen and oxygen atoms in total. The Kier molecular flexibility index (Phi) is 4.49. The topological polar surface area (TPSA) is 59.3 Å². The van der Waals surface area contributed by atoms with Crippen LogP contribution in [-0.2, 0) is 17.8 Å². The van der Waals surface area contributed by atoms with Crippen molar-refractivity contribution >= 4 is 5.97 Å². The van der Waals surface area contributed by atoms with Crippen molar-refractivity contribution < 1.29 is 9.90 Å². The van der Waals surface area contributed by atoms with Gasteiger partial charge in [-0.15, -0.1) is 0 Å². The molecule has 1 aromatic heterocycles. The zero-order valence-corrected chi connectivity index (χ0v) is 10.5. The van der Waals surface area contributed by atoms with Crippen LogP contribution >= 0.6 is 0 Å². The van der Waals surface area contributed by atoms with Crippen LogP contribution in [0, 0.1) is 11.8 Å². The maximum atomic E-state index is 11.7. The molecule has 1 aromatic rings. The minimum absolute atomic E-state index is 0.0613. The van der Waals surface area contributed by atoms with Gasteiger partial charge in [0, 0.05) is 24.7 Å². The van der Waals surface area contributed by atoms with Gasteiger partial charge < -0.3 is 9.67 Å². The molecule has 0 aliphatic carbocycles. The van der Waals surface area contributed by atoms with Gasteiger partial charge in [0.2, 0.25) is 0 Å². The molecule has 0 fully saturated rings. The molecule has 4 heteroatoms. The maximum absolute atomic E-state index is 11.7. The van der Waals surface area contributed by atoms with Gasteiger partial charge in [-0.1, -0.05) is 26.8 Å². The Bertz CT molecular complexity index is 448. The predicted octanol–water partition coefficient (Wildman–Crippen LogP) is 1.77. The molecule has 0 saturated heterocycles. The molecule has 17 heavy (non-hydrogen) atoms. The first-order valence-corrected chi connectivity index (χ1v) is 5.83. The molecule has 94 valence electrons. The molecule has 0 saturated carbocycles. The molecule has 1 unspecified atom stereocenters. The number of nitrogens with zero attached hydrogens (tertiary/aromatic N) is 1. The monoisotopic (exact) mass is 237 g/mol. The first-order chi connectivity index (χ1) is 7.91. The minimum Gasteiger partial charge on any atom is -0.481 e. The summed E-state index contributed by atoms with van der Waals surface area (Å²) >= 11 is 0. The van der Waals surface area contributed by atoms with Crippen LogP contribution in [0.2, 0.25) is 0 Å². The van der Waals surface area contributed by atoms with E-state index in [0.29, 0.717) is 18.9 Å². The fourth-order valence-electron chi connectivity index (χ4n) is 1.71. The fourth-order valence-corrected chi connectivity index (χ4v) is 1.71. The fraction of sp³-hybridized carbons (Fsp3) is 0.538. The van der Waals surface area contributed by atoms with Crippen LogP contribution in [0.4, 0.5) is 0 Å². The second-order valence-electron chi connectivity index (χ2n) is 4.80. The lowest BCUT2D eigenvalue weighted by molar-refractivity contribution is -0.141. The van der Waals surface area contributed by atoms with Gasteiger partial charge in [-0.3, -0.25) is 9.59 Å². The molecular formula is C13H19NO3. The van der Waals surface area contributed by atoms with Gasteiger partial charge in [0.25, 0.3) is 5.56 Å². The zero-order chi connectivity index (χ0) is 13.0. The highest BCUT2D eigenvalue weighted by molar-refractivity contribution is 5.69. The third-order valence-corrected chi connectivity index (χ3v) is 2.62. The van der Waals surface area contributed by atoms with E-state index in [-0.39, 0.29) is 5.56 Å². The van der Waals surface area contributed by atoms with E-state index in [1.165, 1.54) is 6.07 Å². The summed E-state index contributed by atoms with van der Waals surface area (Å²) in [5.74, 6) is -0.957. The van der Waals surface area contributed by atoms with E-state index >= 15 is 0 Å². The summed E-state index contributed by atoms with van der Waals surface area (Å²) in [6, 6.07) is 5.02. The van der Waals surface area contributed by atoms with E-state index in [4.69, 9.17) is 5.11 Å². The van der Waals surface area contributed by atoms with E-state index in [2.05, 4.69) is 0 Å². The average molecular weight is 237 g/mol. The standard InChI is InChI=1S/C13H19NO3/c1-9(2)8-14-11(5-4-6-12(14)15)7-10(3)13(16)17/h4-6,9-10H,7-8H2,1-3H3,(H,16,17). The normalized spacial score (nSPS) is 12.7. The van der Waals surface area contributed by atoms with E-state index in [1.54, 1.807) is 17.6 Å². The van der Waals surface area contributed by atoms with Crippen LogP contribution in [0.1, 0.15) is 26.5 Å². The molecule has 0 bridgehead atoms. The van der Waals surface area contributed by atoms with Gasteiger partial charge in [0.05, 0.1) is 5.92 Å². The lowest BCUT2D eigenvalue weighted by atomic mass is 10.0. The maximum Gasteiger partial charge on any atom is 0.306 e. The van der Waals surface area contributed by atoms with E-state index in [0.717, 1.165) is 5.69 Å². The van der Waals surface area contributed by atoms with E-state index < -0.39 is 11.9 Å². The third-order valence-electron chi connectivity index (χ3n) is 2.62. The average Bonchev–Trinajstić information content (AvgIpc) is 2.22. The Labute approximate surface area is 101 Å². The van der Waals surface area contributed by atoms with Crippen LogP contribution < -0.4 is 5.56 Å². The highest BCUT2D eigenvalue weighted by atomic mass is 16.4. The van der Waals surface area contributed by atoms with Crippen molar-refractivity contribution in [3.05, 3.63) is 34.2 Å². The summed E-state index contributed by atoms with van der Waals surface area (Å²) in [6.07, 6.45) is 0.387. The van der Waals surface area contributed by atoms with Crippen LogP contribution in [0.5, 0.6) is 0 Å². The predicted molar refractivity (Wildman–Crippen MR) is 66.0 cm³/mol. The summed E-state index contributed by atoms with van der Waals surface area (Å²) in [7, 11) is 0. The van der Waals surface area contributed by atoms with Gasteiger partial charge >= 0.3 is 5.97 Å². The first-order valence-electron chi connectivity index (χ1n) is 5.83. The van der Waals surface area contributed by atoms with Crippen molar-refractivity contribution in [2.45, 2.75) is 33.7 Å². The van der Waals surface area contributed by atoms with Crippen LogP contribution in [0.15, 0.2) is 23.0 Å². The summed E-state index contributed by atoms with van der Waals surface area (Å²) in [6.45, 7) is 6.34. The molecule has 0 aliphatic rings. The highest BCUT2D eigenvalue weighted by Gasteiger charge is 2.14. The first kappa shape index (κ1) is 13.5. The Hall–Kier alpha value is -1.58. The molecule has 0 aliphatic heterocycles. The largest absolute Gasteiger partial charge is 0.481 e. The second kappa shape index (κ2) is 5.66. The SMILES string of the molecule is CC(C)Cn1c(CC(C)C(=O)O)cccc1=O. The van der Waals surface area contributed by atoms with Crippen molar-refractivity contribution in [2.24, 2.45) is 11.8 Å². The Morgan fingerprint density at radius 1 is 1.35 bits per heavy atom. The second-order valence-corrected chi connectivity index (χ2v) is 4.80. The minimum atomic E-state index is -0.836. The zero-order valence-electron chi connectivity index (χ0n) is 10.5. The van der Waals surface area contributed by atoms with Gasteiger partial charge in [-0.05, 0) is 12.0 Å². The summed E-state index contributed by atoms with van der Waals surface area (Å²) in [5, 5.41) is 8.90. The molecular weight excluding hydrogens is 218 g/mol. The highest BCUT2D eigenvalue weighted by Crippen LogP contribution is 2.09. The molecule has 1 atom stereocenters. The van der Waals surface area contributed by atoms with Crippen LogP contribution in [0.25, 0.3) is 0 Å². The van der Waals surface area contributed by atoms with E-state index in [9.17, 15) is 9.59 Å². The number of hydrogen-bond donors (Lipinski definition) is 1. The van der Waals surface area contributed by atoms with Crippen molar-refractivity contribution in [3.63, 3.8) is 0 Å². The number of pyridine rings is 1. The van der Waals surface area contributed by atoms with Crippen LogP contribution in [0.3, 0.4) is 0 Å². The summed E-state index contributed by atoms with van der Waals surface area (Å²) < 4.78 is 1.67. The number of aliphatic carboxylic acids is 1. The van der Waals surface area contributed by atoms with Gasteiger partial charge in [0.1, 0.15) is 0 Å². The molecule has 1 N–H and O–H groups in total. The molecule has 0 amide bonds. The number of hydrogen-bond acceptors (Lipinski definition) is 2. The number of carboxylic acids is 1. The number of carbonyl (C=O) groups is 1. The molecule has 1 rings (SSSR count). The molecule has 0 aromatic carbocycles. The Morgan fingerprint density at radius 3 is 2.53 bits per heavy atom. The van der Waals surface area contributed by atoms with Crippen LogP contribution in [-0.4, -0.2) is 15.6 Å². The molecule has 0 radical (unpaired) electrons. The quantitative estimate of drug-likeness (QED) is 0.849. The smallest absolute Gasteiger partial charge is 0.306 e. The van der Waals surface area contributed by atoms with Crippen molar-refractivity contribution in [1.82, 2.24) is 4.57 Å². The van der Waals surface area contributed by atoms with Crippen molar-refractivity contribution in [2.75, 3.05) is 0 Å². The van der Waals surface area contributed by atoms with Gasteiger partial charge in [0.15, 0.2) is 0 Å². The van der Waals surface area contributed by atoms with Gasteiger partial charge in [-0.2, -0.15) is 0 Å². The lowest BCUT2D eigenvalue weighted by Crippen LogP contribution is -2.26. The summed E-state index contributed by atoms with van der Waals surface area (Å²) in [4.78, 5) is 22.6. The van der Waals surface area contributed by atoms with Gasteiger partial charge in [-0.25, -0.2) is 0 Å². The van der Waals surface area contributed by atoms with Crippen molar-refractivity contribution in [1.29, 1.82) is 0 Å². The number of rotatable bonds is 5. The Balaban J connectivity index is 3.02. The van der Waals surface area contributed by atoms with E-state index in [1.807, 2.05) is 19.9 Å². The molecule has 0 spiro atoms. The Morgan fingerprint density at radius 2 is 2.00 bits per heavy atom. The van der Waals surface area contributed by atoms with Crippen molar-refractivity contribution in [3.8, 4) is 0 Å².